The molecule has 0 aromatic rings. The summed E-state index contributed by atoms with van der Waals surface area (Å²) in [6.07, 6.45) is 2.18. The van der Waals surface area contributed by atoms with Crippen molar-refractivity contribution in [2.45, 2.75) is 19.8 Å². The van der Waals surface area contributed by atoms with Crippen LogP contribution in [-0.4, -0.2) is 18.2 Å². The van der Waals surface area contributed by atoms with Crippen LogP contribution in [0.15, 0.2) is 11.8 Å². The first kappa shape index (κ1) is 9.01. The van der Waals surface area contributed by atoms with Gasteiger partial charge in [-0.2, -0.15) is 0 Å². The van der Waals surface area contributed by atoms with Gasteiger partial charge in [0.25, 0.3) is 0 Å². The lowest BCUT2D eigenvalue weighted by Gasteiger charge is -1.99. The first-order valence-corrected chi connectivity index (χ1v) is 3.17. The molecule has 3 nitrogen and oxygen atoms in total. The summed E-state index contributed by atoms with van der Waals surface area (Å²) in [5.74, 6) is -0.454. The molecular weight excluding hydrogens is 132 g/mol. The molecule has 0 bridgehead atoms. The zero-order chi connectivity index (χ0) is 7.98. The highest BCUT2D eigenvalue weighted by molar-refractivity contribution is 5.87. The van der Waals surface area contributed by atoms with E-state index >= 15 is 0 Å². The molecule has 0 fully saturated rings. The van der Waals surface area contributed by atoms with Crippen LogP contribution in [0.2, 0.25) is 0 Å². The fraction of sp³-hybridized carbons (Fsp3) is 0.571. The van der Waals surface area contributed by atoms with Crippen LogP contribution in [0.5, 0.6) is 0 Å². The average molecular weight is 144 g/mol. The highest BCUT2D eigenvalue weighted by Crippen LogP contribution is 2.04. The molecule has 3 heteroatoms. The average Bonchev–Trinajstić information content (AvgIpc) is 1.99. The minimum Gasteiger partial charge on any atom is -0.515 e. The molecule has 0 aromatic heterocycles. The van der Waals surface area contributed by atoms with Gasteiger partial charge < -0.3 is 9.84 Å². The van der Waals surface area contributed by atoms with Crippen LogP contribution in [0.3, 0.4) is 0 Å². The number of aliphatic hydroxyl groups is 1. The molecule has 0 aliphatic heterocycles. The van der Waals surface area contributed by atoms with Gasteiger partial charge >= 0.3 is 5.97 Å². The summed E-state index contributed by atoms with van der Waals surface area (Å²) in [5, 5.41) is 8.50. The second-order valence-corrected chi connectivity index (χ2v) is 1.90. The quantitative estimate of drug-likeness (QED) is 0.370. The van der Waals surface area contributed by atoms with Gasteiger partial charge in [0.2, 0.25) is 0 Å². The predicted molar refractivity (Wildman–Crippen MR) is 37.6 cm³/mol. The predicted octanol–water partition coefficient (Wildman–Crippen LogP) is 1.40. The van der Waals surface area contributed by atoms with Crippen LogP contribution >= 0.6 is 0 Å². The normalized spacial score (nSPS) is 11.2. The first-order valence-electron chi connectivity index (χ1n) is 3.17. The number of hydrogen-bond acceptors (Lipinski definition) is 3. The third-order valence-electron chi connectivity index (χ3n) is 1.12. The highest BCUT2D eigenvalue weighted by atomic mass is 16.5. The molecule has 0 spiro atoms. The van der Waals surface area contributed by atoms with E-state index in [0.717, 1.165) is 12.7 Å². The molecular formula is C7H12O3. The molecule has 1 N–H and O–H groups in total. The Balaban J connectivity index is 3.95. The van der Waals surface area contributed by atoms with Gasteiger partial charge in [-0.25, -0.2) is 4.79 Å². The second kappa shape index (κ2) is 4.85. The van der Waals surface area contributed by atoms with Crippen molar-refractivity contribution in [3.05, 3.63) is 11.8 Å². The monoisotopic (exact) mass is 144 g/mol. The Kier molecular flexibility index (Phi) is 4.37. The molecule has 10 heavy (non-hydrogen) atoms. The second-order valence-electron chi connectivity index (χ2n) is 1.90. The van der Waals surface area contributed by atoms with Crippen molar-refractivity contribution in [3.63, 3.8) is 0 Å². The van der Waals surface area contributed by atoms with E-state index in [-0.39, 0.29) is 0 Å². The van der Waals surface area contributed by atoms with Crippen molar-refractivity contribution in [1.29, 1.82) is 0 Å². The van der Waals surface area contributed by atoms with Gasteiger partial charge in [0, 0.05) is 0 Å². The number of aliphatic hydroxyl groups excluding tert-OH is 1. The third kappa shape index (κ3) is 2.53. The smallest absolute Gasteiger partial charge is 0.336 e. The van der Waals surface area contributed by atoms with Crippen LogP contribution < -0.4 is 0 Å². The summed E-state index contributed by atoms with van der Waals surface area (Å²) in [7, 11) is 1.29. The Morgan fingerprint density at radius 2 is 2.30 bits per heavy atom. The lowest BCUT2D eigenvalue weighted by Crippen LogP contribution is -2.04. The largest absolute Gasteiger partial charge is 0.515 e. The molecule has 0 aliphatic carbocycles. The number of carbonyl (C=O) groups is 1. The van der Waals surface area contributed by atoms with Gasteiger partial charge in [-0.15, -0.1) is 0 Å². The Labute approximate surface area is 60.3 Å². The summed E-state index contributed by atoms with van der Waals surface area (Å²) in [5.41, 5.74) is 0.324. The van der Waals surface area contributed by atoms with Crippen molar-refractivity contribution in [3.8, 4) is 0 Å². The standard InChI is InChI=1S/C7H12O3/c1-3-4-6(5-8)7(9)10-2/h5,8H,3-4H2,1-2H3/b6-5+. The molecule has 0 unspecified atom stereocenters. The molecule has 0 aliphatic rings. The minimum absolute atomic E-state index is 0.324. The van der Waals surface area contributed by atoms with Crippen LogP contribution in [0.1, 0.15) is 19.8 Å². The van der Waals surface area contributed by atoms with Gasteiger partial charge in [0.05, 0.1) is 18.9 Å². The lowest BCUT2D eigenvalue weighted by atomic mass is 10.2. The molecule has 58 valence electrons. The topological polar surface area (TPSA) is 46.5 Å². The van der Waals surface area contributed by atoms with E-state index in [9.17, 15) is 4.79 Å². The Morgan fingerprint density at radius 1 is 1.70 bits per heavy atom. The molecule has 0 atom stereocenters. The number of rotatable bonds is 3. The van der Waals surface area contributed by atoms with Crippen molar-refractivity contribution in [2.75, 3.05) is 7.11 Å². The number of hydrogen-bond donors (Lipinski definition) is 1. The highest BCUT2D eigenvalue weighted by Gasteiger charge is 2.06. The van der Waals surface area contributed by atoms with E-state index in [1.807, 2.05) is 6.92 Å². The molecule has 0 aromatic carbocycles. The first-order chi connectivity index (χ1) is 4.76. The van der Waals surface area contributed by atoms with Gasteiger partial charge in [-0.05, 0) is 6.42 Å². The van der Waals surface area contributed by atoms with E-state index in [4.69, 9.17) is 5.11 Å². The van der Waals surface area contributed by atoms with Crippen LogP contribution in [0.4, 0.5) is 0 Å². The molecule has 0 saturated carbocycles. The molecule has 0 heterocycles. The van der Waals surface area contributed by atoms with E-state index in [0.29, 0.717) is 12.0 Å². The Bertz CT molecular complexity index is 138. The number of esters is 1. The lowest BCUT2D eigenvalue weighted by molar-refractivity contribution is -0.136. The van der Waals surface area contributed by atoms with Gasteiger partial charge in [-0.1, -0.05) is 13.3 Å². The fourth-order valence-corrected chi connectivity index (χ4v) is 0.620. The van der Waals surface area contributed by atoms with Gasteiger partial charge in [-0.3, -0.25) is 0 Å². The van der Waals surface area contributed by atoms with E-state index in [2.05, 4.69) is 4.74 Å². The zero-order valence-corrected chi connectivity index (χ0v) is 6.26. The number of carbonyl (C=O) groups excluding carboxylic acids is 1. The molecule has 0 amide bonds. The number of ether oxygens (including phenoxy) is 1. The van der Waals surface area contributed by atoms with Crippen molar-refractivity contribution in [1.82, 2.24) is 0 Å². The summed E-state index contributed by atoms with van der Waals surface area (Å²) in [6.45, 7) is 1.92. The maximum Gasteiger partial charge on any atom is 0.336 e. The summed E-state index contributed by atoms with van der Waals surface area (Å²) < 4.78 is 4.39. The zero-order valence-electron chi connectivity index (χ0n) is 6.26. The maximum atomic E-state index is 10.7. The van der Waals surface area contributed by atoms with Gasteiger partial charge in [0.1, 0.15) is 0 Å². The fourth-order valence-electron chi connectivity index (χ4n) is 0.620. The van der Waals surface area contributed by atoms with E-state index < -0.39 is 5.97 Å². The van der Waals surface area contributed by atoms with E-state index in [1.165, 1.54) is 7.11 Å². The number of methoxy groups -OCH3 is 1. The van der Waals surface area contributed by atoms with Crippen molar-refractivity contribution in [2.24, 2.45) is 0 Å². The van der Waals surface area contributed by atoms with Gasteiger partial charge in [0.15, 0.2) is 0 Å². The SMILES string of the molecule is CCC/C(=C\O)C(=O)OC. The summed E-state index contributed by atoms with van der Waals surface area (Å²) in [4.78, 5) is 10.7. The van der Waals surface area contributed by atoms with Crippen molar-refractivity contribution >= 4 is 5.97 Å². The maximum absolute atomic E-state index is 10.7. The Hall–Kier alpha value is -0.990. The minimum atomic E-state index is -0.454. The van der Waals surface area contributed by atoms with E-state index in [1.54, 1.807) is 0 Å². The summed E-state index contributed by atoms with van der Waals surface area (Å²) in [6, 6.07) is 0. The molecule has 0 rings (SSSR count). The Morgan fingerprint density at radius 3 is 2.60 bits per heavy atom. The van der Waals surface area contributed by atoms with Crippen LogP contribution in [0.25, 0.3) is 0 Å². The summed E-state index contributed by atoms with van der Waals surface area (Å²) >= 11 is 0. The molecule has 0 radical (unpaired) electrons. The third-order valence-corrected chi connectivity index (χ3v) is 1.12. The van der Waals surface area contributed by atoms with Crippen molar-refractivity contribution < 1.29 is 14.6 Å². The molecule has 0 saturated heterocycles. The van der Waals surface area contributed by atoms with Crippen LogP contribution in [0, 0.1) is 0 Å². The van der Waals surface area contributed by atoms with Crippen LogP contribution in [-0.2, 0) is 9.53 Å².